The first-order chi connectivity index (χ1) is 8.50. The third kappa shape index (κ3) is 2.24. The molecule has 0 aliphatic heterocycles. The fraction of sp³-hybridized carbons (Fsp3) is 0.250. The summed E-state index contributed by atoms with van der Waals surface area (Å²) in [6, 6.07) is 11.8. The molecule has 2 rings (SSSR count). The zero-order valence-corrected chi connectivity index (χ0v) is 11.1. The fourth-order valence-electron chi connectivity index (χ4n) is 2.19. The van der Waals surface area contributed by atoms with Crippen molar-refractivity contribution >= 4 is 5.69 Å². The lowest BCUT2D eigenvalue weighted by atomic mass is 9.93. The number of aliphatic hydroxyl groups excluding tert-OH is 1. The standard InChI is InChI=1S/C16H19NO/c1-10-7-8-11(2)14(9-10)16(18)13-5-4-6-15(17)12(13)3/h4-9,16,18H,17H2,1-3H3/t16-/m1/s1. The maximum Gasteiger partial charge on any atom is 0.105 e. The highest BCUT2D eigenvalue weighted by atomic mass is 16.3. The minimum absolute atomic E-state index is 0.617. The summed E-state index contributed by atoms with van der Waals surface area (Å²) in [5.41, 5.74) is 11.6. The summed E-state index contributed by atoms with van der Waals surface area (Å²) in [6.07, 6.45) is -0.617. The van der Waals surface area contributed by atoms with Crippen LogP contribution in [0.15, 0.2) is 36.4 Å². The van der Waals surface area contributed by atoms with Gasteiger partial charge in [0.2, 0.25) is 0 Å². The molecule has 2 aromatic rings. The van der Waals surface area contributed by atoms with E-state index in [2.05, 4.69) is 6.07 Å². The van der Waals surface area contributed by atoms with E-state index in [-0.39, 0.29) is 0 Å². The lowest BCUT2D eigenvalue weighted by Gasteiger charge is -2.18. The monoisotopic (exact) mass is 241 g/mol. The Bertz CT molecular complexity index is 573. The lowest BCUT2D eigenvalue weighted by Crippen LogP contribution is -2.06. The topological polar surface area (TPSA) is 46.2 Å². The van der Waals surface area contributed by atoms with E-state index in [0.717, 1.165) is 33.5 Å². The van der Waals surface area contributed by atoms with E-state index >= 15 is 0 Å². The molecular weight excluding hydrogens is 222 g/mol. The molecule has 0 aliphatic carbocycles. The van der Waals surface area contributed by atoms with Crippen molar-refractivity contribution in [2.24, 2.45) is 0 Å². The Morgan fingerprint density at radius 2 is 1.72 bits per heavy atom. The number of hydrogen-bond acceptors (Lipinski definition) is 2. The molecule has 3 N–H and O–H groups in total. The van der Waals surface area contributed by atoms with E-state index in [4.69, 9.17) is 5.73 Å². The molecular formula is C16H19NO. The molecule has 0 spiro atoms. The van der Waals surface area contributed by atoms with Crippen molar-refractivity contribution in [1.29, 1.82) is 0 Å². The average Bonchev–Trinajstić information content (AvgIpc) is 2.35. The molecule has 0 bridgehead atoms. The average molecular weight is 241 g/mol. The van der Waals surface area contributed by atoms with Gasteiger partial charge in [0.25, 0.3) is 0 Å². The Labute approximate surface area is 108 Å². The van der Waals surface area contributed by atoms with Gasteiger partial charge in [-0.15, -0.1) is 0 Å². The molecule has 2 aromatic carbocycles. The zero-order chi connectivity index (χ0) is 13.3. The summed E-state index contributed by atoms with van der Waals surface area (Å²) in [7, 11) is 0. The summed E-state index contributed by atoms with van der Waals surface area (Å²) < 4.78 is 0. The molecule has 0 saturated carbocycles. The quantitative estimate of drug-likeness (QED) is 0.793. The highest BCUT2D eigenvalue weighted by molar-refractivity contribution is 5.52. The molecule has 0 fully saturated rings. The lowest BCUT2D eigenvalue weighted by molar-refractivity contribution is 0.219. The van der Waals surface area contributed by atoms with Gasteiger partial charge in [-0.3, -0.25) is 0 Å². The fourth-order valence-corrected chi connectivity index (χ4v) is 2.19. The molecule has 0 heterocycles. The molecule has 0 amide bonds. The van der Waals surface area contributed by atoms with Crippen LogP contribution in [0.1, 0.15) is 33.9 Å². The second-order valence-corrected chi connectivity index (χ2v) is 4.82. The normalized spacial score (nSPS) is 12.4. The van der Waals surface area contributed by atoms with Crippen LogP contribution in [0.4, 0.5) is 5.69 Å². The van der Waals surface area contributed by atoms with E-state index < -0.39 is 6.10 Å². The maximum atomic E-state index is 10.5. The van der Waals surface area contributed by atoms with Crippen molar-refractivity contribution in [2.45, 2.75) is 26.9 Å². The van der Waals surface area contributed by atoms with Gasteiger partial charge in [0.15, 0.2) is 0 Å². The Morgan fingerprint density at radius 3 is 2.44 bits per heavy atom. The summed E-state index contributed by atoms with van der Waals surface area (Å²) in [5, 5.41) is 10.5. The molecule has 2 heteroatoms. The summed E-state index contributed by atoms with van der Waals surface area (Å²) >= 11 is 0. The first-order valence-corrected chi connectivity index (χ1v) is 6.11. The van der Waals surface area contributed by atoms with Crippen molar-refractivity contribution < 1.29 is 5.11 Å². The Morgan fingerprint density at radius 1 is 1.00 bits per heavy atom. The van der Waals surface area contributed by atoms with Crippen molar-refractivity contribution in [1.82, 2.24) is 0 Å². The highest BCUT2D eigenvalue weighted by Crippen LogP contribution is 2.29. The molecule has 0 radical (unpaired) electrons. The van der Waals surface area contributed by atoms with Gasteiger partial charge in [0.05, 0.1) is 0 Å². The van der Waals surface area contributed by atoms with E-state index in [1.54, 1.807) is 0 Å². The van der Waals surface area contributed by atoms with Gasteiger partial charge in [-0.25, -0.2) is 0 Å². The summed E-state index contributed by atoms with van der Waals surface area (Å²) in [4.78, 5) is 0. The third-order valence-electron chi connectivity index (χ3n) is 3.44. The minimum Gasteiger partial charge on any atom is -0.399 e. The van der Waals surface area contributed by atoms with E-state index in [1.807, 2.05) is 51.1 Å². The van der Waals surface area contributed by atoms with Crippen LogP contribution in [-0.2, 0) is 0 Å². The number of anilines is 1. The summed E-state index contributed by atoms with van der Waals surface area (Å²) in [5.74, 6) is 0. The van der Waals surface area contributed by atoms with Gasteiger partial charge < -0.3 is 10.8 Å². The van der Waals surface area contributed by atoms with Gasteiger partial charge >= 0.3 is 0 Å². The number of benzene rings is 2. The summed E-state index contributed by atoms with van der Waals surface area (Å²) in [6.45, 7) is 5.99. The van der Waals surface area contributed by atoms with Crippen molar-refractivity contribution in [3.05, 3.63) is 64.2 Å². The van der Waals surface area contributed by atoms with Crippen LogP contribution in [0.2, 0.25) is 0 Å². The van der Waals surface area contributed by atoms with Crippen LogP contribution in [0.5, 0.6) is 0 Å². The first kappa shape index (κ1) is 12.7. The van der Waals surface area contributed by atoms with Crippen LogP contribution in [0.25, 0.3) is 0 Å². The second-order valence-electron chi connectivity index (χ2n) is 4.82. The number of rotatable bonds is 2. The predicted octanol–water partition coefficient (Wildman–Crippen LogP) is 3.28. The number of aliphatic hydroxyl groups is 1. The van der Waals surface area contributed by atoms with Crippen LogP contribution in [-0.4, -0.2) is 5.11 Å². The van der Waals surface area contributed by atoms with Crippen LogP contribution in [0.3, 0.4) is 0 Å². The van der Waals surface area contributed by atoms with Gasteiger partial charge in [-0.05, 0) is 49.1 Å². The van der Waals surface area contributed by atoms with Gasteiger partial charge in [0.1, 0.15) is 6.10 Å². The zero-order valence-electron chi connectivity index (χ0n) is 11.1. The number of aryl methyl sites for hydroxylation is 2. The molecule has 0 aromatic heterocycles. The molecule has 0 unspecified atom stereocenters. The predicted molar refractivity (Wildman–Crippen MR) is 75.6 cm³/mol. The number of nitrogens with two attached hydrogens (primary N) is 1. The number of nitrogen functional groups attached to an aromatic ring is 1. The largest absolute Gasteiger partial charge is 0.399 e. The highest BCUT2D eigenvalue weighted by Gasteiger charge is 2.15. The van der Waals surface area contributed by atoms with Crippen molar-refractivity contribution in [3.8, 4) is 0 Å². The van der Waals surface area contributed by atoms with Gasteiger partial charge in [-0.2, -0.15) is 0 Å². The van der Waals surface area contributed by atoms with Crippen molar-refractivity contribution in [2.75, 3.05) is 5.73 Å². The number of hydrogen-bond donors (Lipinski definition) is 2. The molecule has 1 atom stereocenters. The van der Waals surface area contributed by atoms with Crippen LogP contribution < -0.4 is 5.73 Å². The van der Waals surface area contributed by atoms with Gasteiger partial charge in [-0.1, -0.05) is 35.9 Å². The molecule has 18 heavy (non-hydrogen) atoms. The molecule has 2 nitrogen and oxygen atoms in total. The van der Waals surface area contributed by atoms with E-state index in [1.165, 1.54) is 0 Å². The maximum absolute atomic E-state index is 10.5. The molecule has 0 saturated heterocycles. The SMILES string of the molecule is Cc1ccc(C)c([C@H](O)c2cccc(N)c2C)c1. The third-order valence-corrected chi connectivity index (χ3v) is 3.44. The van der Waals surface area contributed by atoms with E-state index in [0.29, 0.717) is 0 Å². The van der Waals surface area contributed by atoms with Crippen molar-refractivity contribution in [3.63, 3.8) is 0 Å². The Balaban J connectivity index is 2.51. The van der Waals surface area contributed by atoms with Crippen LogP contribution in [0, 0.1) is 20.8 Å². The molecule has 94 valence electrons. The first-order valence-electron chi connectivity index (χ1n) is 6.11. The smallest absolute Gasteiger partial charge is 0.105 e. The van der Waals surface area contributed by atoms with Crippen LogP contribution >= 0.6 is 0 Å². The minimum atomic E-state index is -0.617. The van der Waals surface area contributed by atoms with Gasteiger partial charge in [0, 0.05) is 5.69 Å². The molecule has 0 aliphatic rings. The second kappa shape index (κ2) is 4.83. The Hall–Kier alpha value is -1.80. The Kier molecular flexibility index (Phi) is 3.39. The van der Waals surface area contributed by atoms with E-state index in [9.17, 15) is 5.11 Å².